The van der Waals surface area contributed by atoms with Gasteiger partial charge in [0.15, 0.2) is 0 Å². The Morgan fingerprint density at radius 1 is 1.03 bits per heavy atom. The number of aliphatic hydroxyl groups excluding tert-OH is 1. The Hall–Kier alpha value is -3.25. The van der Waals surface area contributed by atoms with Crippen molar-refractivity contribution in [3.8, 4) is 0 Å². The van der Waals surface area contributed by atoms with Gasteiger partial charge < -0.3 is 5.11 Å². The minimum Gasteiger partial charge on any atom is -0.507 e. The lowest BCUT2D eigenvalue weighted by atomic mass is 9.94. The van der Waals surface area contributed by atoms with Crippen LogP contribution in [0.25, 0.3) is 5.76 Å². The van der Waals surface area contributed by atoms with Crippen LogP contribution in [-0.4, -0.2) is 16.8 Å². The lowest BCUT2D eigenvalue weighted by Gasteiger charge is -2.25. The van der Waals surface area contributed by atoms with Crippen LogP contribution in [0.15, 0.2) is 76.8 Å². The monoisotopic (exact) mass is 493 g/mol. The molecule has 1 saturated heterocycles. The number of benzene rings is 3. The largest absolute Gasteiger partial charge is 0.507 e. The van der Waals surface area contributed by atoms with Crippen LogP contribution in [0.5, 0.6) is 0 Å². The van der Waals surface area contributed by atoms with Gasteiger partial charge in [-0.15, -0.1) is 0 Å². The van der Waals surface area contributed by atoms with Gasteiger partial charge in [0.1, 0.15) is 11.6 Å². The molecule has 0 aliphatic carbocycles. The summed E-state index contributed by atoms with van der Waals surface area (Å²) in [5, 5.41) is 11.1. The zero-order chi connectivity index (χ0) is 23.0. The SMILES string of the molecule is CCc1ccc(N2C(=O)C(=O)/C(=C(\O)c3ccc(Br)c(C)c3)C2c2ccc(F)cc2)cc1. The maximum Gasteiger partial charge on any atom is 0.300 e. The number of halogens is 2. The smallest absolute Gasteiger partial charge is 0.300 e. The van der Waals surface area contributed by atoms with E-state index in [1.54, 1.807) is 30.3 Å². The molecule has 1 unspecified atom stereocenters. The fraction of sp³-hybridized carbons (Fsp3) is 0.154. The normalized spacial score (nSPS) is 17.8. The van der Waals surface area contributed by atoms with Crippen LogP contribution >= 0.6 is 15.9 Å². The molecule has 1 aliphatic heterocycles. The van der Waals surface area contributed by atoms with Crippen LogP contribution in [0.3, 0.4) is 0 Å². The Balaban J connectivity index is 1.92. The van der Waals surface area contributed by atoms with E-state index in [0.717, 1.165) is 22.0 Å². The molecule has 0 radical (unpaired) electrons. The van der Waals surface area contributed by atoms with Gasteiger partial charge in [-0.25, -0.2) is 4.39 Å². The number of ketones is 1. The zero-order valence-corrected chi connectivity index (χ0v) is 19.2. The molecule has 1 N–H and O–H groups in total. The zero-order valence-electron chi connectivity index (χ0n) is 17.6. The van der Waals surface area contributed by atoms with Crippen molar-refractivity contribution in [3.63, 3.8) is 0 Å². The van der Waals surface area contributed by atoms with E-state index >= 15 is 0 Å². The van der Waals surface area contributed by atoms with Gasteiger partial charge in [0, 0.05) is 15.7 Å². The van der Waals surface area contributed by atoms with E-state index in [0.29, 0.717) is 16.8 Å². The standard InChI is InChI=1S/C26H21BrFNO3/c1-3-16-4-11-20(12-5-16)29-23(17-6-9-19(28)10-7-17)22(25(31)26(29)32)24(30)18-8-13-21(27)15(2)14-18/h4-14,23,30H,3H2,1-2H3/b24-22-. The van der Waals surface area contributed by atoms with E-state index in [4.69, 9.17) is 0 Å². The number of carbonyl (C=O) groups excluding carboxylic acids is 2. The lowest BCUT2D eigenvalue weighted by molar-refractivity contribution is -0.132. The van der Waals surface area contributed by atoms with E-state index in [1.165, 1.54) is 29.2 Å². The van der Waals surface area contributed by atoms with Crippen LogP contribution in [0.2, 0.25) is 0 Å². The Labute approximate surface area is 194 Å². The predicted octanol–water partition coefficient (Wildman–Crippen LogP) is 6.09. The summed E-state index contributed by atoms with van der Waals surface area (Å²) in [7, 11) is 0. The number of hydrogen-bond donors (Lipinski definition) is 1. The first-order valence-corrected chi connectivity index (χ1v) is 11.0. The quantitative estimate of drug-likeness (QED) is 0.272. The molecule has 162 valence electrons. The third-order valence-corrected chi connectivity index (χ3v) is 6.57. The third kappa shape index (κ3) is 3.86. The molecule has 1 heterocycles. The van der Waals surface area contributed by atoms with Crippen molar-refractivity contribution in [1.82, 2.24) is 0 Å². The van der Waals surface area contributed by atoms with Gasteiger partial charge in [-0.1, -0.05) is 53.2 Å². The van der Waals surface area contributed by atoms with Gasteiger partial charge in [0.05, 0.1) is 11.6 Å². The van der Waals surface area contributed by atoms with Crippen LogP contribution < -0.4 is 4.90 Å². The van der Waals surface area contributed by atoms with Gasteiger partial charge in [0.2, 0.25) is 0 Å². The number of aliphatic hydroxyl groups is 1. The number of nitrogens with zero attached hydrogens (tertiary/aromatic N) is 1. The number of rotatable bonds is 4. The second-order valence-electron chi connectivity index (χ2n) is 7.70. The molecule has 0 spiro atoms. The highest BCUT2D eigenvalue weighted by atomic mass is 79.9. The van der Waals surface area contributed by atoms with Crippen molar-refractivity contribution in [2.24, 2.45) is 0 Å². The second-order valence-corrected chi connectivity index (χ2v) is 8.56. The van der Waals surface area contributed by atoms with Crippen LogP contribution in [0.4, 0.5) is 10.1 Å². The number of aryl methyl sites for hydroxylation is 2. The topological polar surface area (TPSA) is 57.6 Å². The van der Waals surface area contributed by atoms with Gasteiger partial charge in [-0.05, 0) is 66.4 Å². The molecule has 0 aromatic heterocycles. The van der Waals surface area contributed by atoms with Crippen LogP contribution in [-0.2, 0) is 16.0 Å². The van der Waals surface area contributed by atoms with Crippen molar-refractivity contribution in [2.45, 2.75) is 26.3 Å². The highest BCUT2D eigenvalue weighted by Gasteiger charge is 2.46. The molecule has 4 nitrogen and oxygen atoms in total. The maximum absolute atomic E-state index is 13.6. The summed E-state index contributed by atoms with van der Waals surface area (Å²) < 4.78 is 14.5. The molecule has 3 aromatic rings. The molecule has 1 atom stereocenters. The Morgan fingerprint density at radius 2 is 1.69 bits per heavy atom. The van der Waals surface area contributed by atoms with Crippen LogP contribution in [0.1, 0.15) is 35.2 Å². The summed E-state index contributed by atoms with van der Waals surface area (Å²) in [5.41, 5.74) is 3.43. The van der Waals surface area contributed by atoms with Crippen molar-refractivity contribution in [2.75, 3.05) is 4.90 Å². The minimum absolute atomic E-state index is 0.0251. The molecule has 1 aliphatic rings. The Morgan fingerprint density at radius 3 is 2.28 bits per heavy atom. The number of anilines is 1. The molecular weight excluding hydrogens is 473 g/mol. The number of carbonyl (C=O) groups is 2. The van der Waals surface area contributed by atoms with Gasteiger partial charge >= 0.3 is 0 Å². The van der Waals surface area contributed by atoms with Gasteiger partial charge in [0.25, 0.3) is 11.7 Å². The second kappa shape index (κ2) is 8.71. The molecule has 1 amide bonds. The first-order valence-electron chi connectivity index (χ1n) is 10.2. The van der Waals surface area contributed by atoms with Crippen LogP contribution in [0, 0.1) is 12.7 Å². The van der Waals surface area contributed by atoms with E-state index in [-0.39, 0.29) is 11.3 Å². The highest BCUT2D eigenvalue weighted by Crippen LogP contribution is 2.42. The van der Waals surface area contributed by atoms with E-state index < -0.39 is 23.5 Å². The predicted molar refractivity (Wildman–Crippen MR) is 126 cm³/mol. The average Bonchev–Trinajstić information content (AvgIpc) is 3.06. The lowest BCUT2D eigenvalue weighted by Crippen LogP contribution is -2.29. The summed E-state index contributed by atoms with van der Waals surface area (Å²) in [6, 6.07) is 17.3. The summed E-state index contributed by atoms with van der Waals surface area (Å²) in [6.45, 7) is 3.89. The molecule has 1 fully saturated rings. The molecule has 4 rings (SSSR count). The highest BCUT2D eigenvalue weighted by molar-refractivity contribution is 9.10. The molecule has 32 heavy (non-hydrogen) atoms. The summed E-state index contributed by atoms with van der Waals surface area (Å²) in [4.78, 5) is 27.6. The average molecular weight is 494 g/mol. The molecular formula is C26H21BrFNO3. The van der Waals surface area contributed by atoms with Gasteiger partial charge in [-0.3, -0.25) is 14.5 Å². The van der Waals surface area contributed by atoms with Gasteiger partial charge in [-0.2, -0.15) is 0 Å². The Bertz CT molecular complexity index is 1230. The van der Waals surface area contributed by atoms with Crippen molar-refractivity contribution >= 4 is 39.1 Å². The van der Waals surface area contributed by atoms with Crippen molar-refractivity contribution in [1.29, 1.82) is 0 Å². The maximum atomic E-state index is 13.6. The number of amides is 1. The summed E-state index contributed by atoms with van der Waals surface area (Å²) >= 11 is 3.43. The van der Waals surface area contributed by atoms with E-state index in [2.05, 4.69) is 15.9 Å². The fourth-order valence-electron chi connectivity index (χ4n) is 3.90. The molecule has 0 bridgehead atoms. The summed E-state index contributed by atoms with van der Waals surface area (Å²) in [6.07, 6.45) is 0.837. The molecule has 6 heteroatoms. The fourth-order valence-corrected chi connectivity index (χ4v) is 4.15. The number of Topliss-reactive ketones (excluding diaryl/α,β-unsaturated/α-hetero) is 1. The van der Waals surface area contributed by atoms with Crippen molar-refractivity contribution in [3.05, 3.63) is 105 Å². The first-order chi connectivity index (χ1) is 15.3. The summed E-state index contributed by atoms with van der Waals surface area (Å²) in [5.74, 6) is -2.21. The van der Waals surface area contributed by atoms with Crippen molar-refractivity contribution < 1.29 is 19.1 Å². The number of hydrogen-bond acceptors (Lipinski definition) is 3. The molecule has 0 saturated carbocycles. The third-order valence-electron chi connectivity index (χ3n) is 5.68. The first kappa shape index (κ1) is 22.0. The van der Waals surface area contributed by atoms with E-state index in [9.17, 15) is 19.1 Å². The minimum atomic E-state index is -0.882. The Kier molecular flexibility index (Phi) is 5.98. The molecule has 3 aromatic carbocycles. The van der Waals surface area contributed by atoms with E-state index in [1.807, 2.05) is 26.0 Å².